The number of carbonyl (C=O) groups is 1. The number of hydrogen-bond acceptors (Lipinski definition) is 8. The summed E-state index contributed by atoms with van der Waals surface area (Å²) in [5, 5.41) is 30.1. The molecule has 1 saturated heterocycles. The Morgan fingerprint density at radius 1 is 1.10 bits per heavy atom. The van der Waals surface area contributed by atoms with Gasteiger partial charge in [-0.3, -0.25) is 9.88 Å². The number of imidazole rings is 1. The molecule has 0 radical (unpaired) electrons. The number of halogens is 2. The largest absolute Gasteiger partial charge is 0.490 e. The van der Waals surface area contributed by atoms with E-state index in [4.69, 9.17) is 37.7 Å². The molecule has 3 N–H and O–H groups in total. The lowest BCUT2D eigenvalue weighted by Gasteiger charge is -2.32. The van der Waals surface area contributed by atoms with Crippen LogP contribution in [0.1, 0.15) is 41.1 Å². The number of carboxylic acids is 1. The molecule has 12 heteroatoms. The maximum absolute atomic E-state index is 11.5. The minimum absolute atomic E-state index is 0.0337. The van der Waals surface area contributed by atoms with Crippen molar-refractivity contribution in [3.8, 4) is 11.5 Å². The predicted molar refractivity (Wildman–Crippen MR) is 158 cm³/mol. The minimum Gasteiger partial charge on any atom is -0.490 e. The summed E-state index contributed by atoms with van der Waals surface area (Å²) in [5.74, 6) is 0.964. The molecule has 1 aliphatic rings. The molecule has 0 bridgehead atoms. The van der Waals surface area contributed by atoms with Gasteiger partial charge in [0.25, 0.3) is 0 Å². The molecule has 3 heterocycles. The van der Waals surface area contributed by atoms with Crippen molar-refractivity contribution in [2.75, 3.05) is 19.7 Å². The summed E-state index contributed by atoms with van der Waals surface area (Å²) < 4.78 is 13.9. The second-order valence-corrected chi connectivity index (χ2v) is 11.1. The van der Waals surface area contributed by atoms with Gasteiger partial charge in [0.2, 0.25) is 0 Å². The Morgan fingerprint density at radius 2 is 1.90 bits per heavy atom. The van der Waals surface area contributed by atoms with E-state index in [2.05, 4.69) is 9.88 Å². The number of aromatic carboxylic acids is 1. The SMILES string of the molecule is O=C(O)c1ccc2nc(CN3CCC(Oc4ccnc(COc5ccc(Cl)cc5Cl)c4)CC3)n(C[C@@H](O)CCO)c2c1. The van der Waals surface area contributed by atoms with Crippen molar-refractivity contribution in [3.63, 3.8) is 0 Å². The molecule has 2 aromatic carbocycles. The van der Waals surface area contributed by atoms with Crippen molar-refractivity contribution in [2.45, 2.75) is 51.2 Å². The van der Waals surface area contributed by atoms with Gasteiger partial charge in [-0.05, 0) is 61.7 Å². The predicted octanol–water partition coefficient (Wildman–Crippen LogP) is 4.80. The zero-order chi connectivity index (χ0) is 29.6. The fourth-order valence-electron chi connectivity index (χ4n) is 5.01. The Labute approximate surface area is 253 Å². The molecule has 10 nitrogen and oxygen atoms in total. The number of nitrogens with zero attached hydrogens (tertiary/aromatic N) is 4. The highest BCUT2D eigenvalue weighted by Gasteiger charge is 2.24. The number of aromatic nitrogens is 3. The van der Waals surface area contributed by atoms with Gasteiger partial charge in [-0.1, -0.05) is 23.2 Å². The summed E-state index contributed by atoms with van der Waals surface area (Å²) in [6, 6.07) is 13.6. The number of pyridine rings is 1. The monoisotopic (exact) mass is 614 g/mol. The summed E-state index contributed by atoms with van der Waals surface area (Å²) in [6.45, 7) is 2.42. The van der Waals surface area contributed by atoms with Gasteiger partial charge in [-0.15, -0.1) is 0 Å². The molecular weight excluding hydrogens is 583 g/mol. The number of fused-ring (bicyclic) bond motifs is 1. The number of benzene rings is 2. The number of piperidine rings is 1. The maximum atomic E-state index is 11.5. The average molecular weight is 616 g/mol. The molecule has 4 aromatic rings. The first-order valence-corrected chi connectivity index (χ1v) is 14.5. The van der Waals surface area contributed by atoms with Crippen molar-refractivity contribution >= 4 is 40.2 Å². The van der Waals surface area contributed by atoms with Crippen LogP contribution in [-0.4, -0.2) is 72.6 Å². The van der Waals surface area contributed by atoms with Crippen molar-refractivity contribution in [2.24, 2.45) is 0 Å². The van der Waals surface area contributed by atoms with Crippen molar-refractivity contribution in [1.29, 1.82) is 0 Å². The van der Waals surface area contributed by atoms with Crippen LogP contribution in [-0.2, 0) is 19.7 Å². The zero-order valence-electron chi connectivity index (χ0n) is 22.8. The van der Waals surface area contributed by atoms with Crippen LogP contribution in [0.3, 0.4) is 0 Å². The summed E-state index contributed by atoms with van der Waals surface area (Å²) in [7, 11) is 0. The van der Waals surface area contributed by atoms with Crippen LogP contribution in [0.5, 0.6) is 11.5 Å². The number of rotatable bonds is 12. The summed E-state index contributed by atoms with van der Waals surface area (Å²) in [4.78, 5) is 22.9. The number of carboxylic acid groups (broad SMARTS) is 1. The normalized spacial score (nSPS) is 15.1. The van der Waals surface area contributed by atoms with Gasteiger partial charge in [0.1, 0.15) is 30.0 Å². The van der Waals surface area contributed by atoms with Crippen molar-refractivity contribution < 1.29 is 29.6 Å². The zero-order valence-corrected chi connectivity index (χ0v) is 24.3. The minimum atomic E-state index is -1.02. The summed E-state index contributed by atoms with van der Waals surface area (Å²) in [5.41, 5.74) is 2.19. The number of aliphatic hydroxyl groups is 2. The molecule has 2 aromatic heterocycles. The van der Waals surface area contributed by atoms with E-state index in [1.165, 1.54) is 6.07 Å². The van der Waals surface area contributed by atoms with Gasteiger partial charge in [0, 0.05) is 37.0 Å². The van der Waals surface area contributed by atoms with Gasteiger partial charge in [0.15, 0.2) is 0 Å². The van der Waals surface area contributed by atoms with Crippen molar-refractivity contribution in [1.82, 2.24) is 19.4 Å². The lowest BCUT2D eigenvalue weighted by atomic mass is 10.1. The molecule has 1 atom stereocenters. The molecule has 0 amide bonds. The third-order valence-electron chi connectivity index (χ3n) is 7.19. The molecule has 0 unspecified atom stereocenters. The van der Waals surface area contributed by atoms with E-state index in [1.54, 1.807) is 36.5 Å². The Morgan fingerprint density at radius 3 is 2.64 bits per heavy atom. The van der Waals surface area contributed by atoms with Gasteiger partial charge >= 0.3 is 5.97 Å². The number of aliphatic hydroxyl groups excluding tert-OH is 2. The van der Waals surface area contributed by atoms with Crippen LogP contribution in [0.15, 0.2) is 54.7 Å². The average Bonchev–Trinajstić information content (AvgIpc) is 3.29. The van der Waals surface area contributed by atoms with Gasteiger partial charge in [-0.25, -0.2) is 9.78 Å². The van der Waals surface area contributed by atoms with E-state index in [1.807, 2.05) is 16.7 Å². The topological polar surface area (TPSA) is 130 Å². The van der Waals surface area contributed by atoms with Crippen LogP contribution < -0.4 is 9.47 Å². The van der Waals surface area contributed by atoms with Crippen LogP contribution >= 0.6 is 23.2 Å². The molecule has 0 spiro atoms. The van der Waals surface area contributed by atoms with Crippen LogP contribution in [0.25, 0.3) is 11.0 Å². The summed E-state index contributed by atoms with van der Waals surface area (Å²) >= 11 is 12.1. The molecule has 0 aliphatic carbocycles. The number of hydrogen-bond donors (Lipinski definition) is 3. The van der Waals surface area contributed by atoms with Crippen LogP contribution in [0.4, 0.5) is 0 Å². The summed E-state index contributed by atoms with van der Waals surface area (Å²) in [6.07, 6.45) is 2.79. The standard InChI is InChI=1S/C30H32Cl2N4O6/c31-20-2-4-28(25(32)14-20)41-18-21-15-24(5-9-33-21)42-23-6-10-35(11-7-23)17-29-34-26-3-1-19(30(39)40)13-27(26)36(29)16-22(38)8-12-37/h1-5,9,13-15,22-23,37-38H,6-8,10-12,16-18H2,(H,39,40)/t22-/m0/s1. The molecule has 1 fully saturated rings. The number of likely N-dealkylation sites (tertiary alicyclic amines) is 1. The Bertz CT molecular complexity index is 1540. The highest BCUT2D eigenvalue weighted by molar-refractivity contribution is 6.35. The lowest BCUT2D eigenvalue weighted by molar-refractivity contribution is 0.0697. The Hall–Kier alpha value is -3.41. The first kappa shape index (κ1) is 30.1. The fraction of sp³-hybridized carbons (Fsp3) is 0.367. The van der Waals surface area contributed by atoms with Crippen LogP contribution in [0.2, 0.25) is 10.0 Å². The van der Waals surface area contributed by atoms with Gasteiger partial charge in [-0.2, -0.15) is 0 Å². The number of ether oxygens (including phenoxy) is 2. The lowest BCUT2D eigenvalue weighted by Crippen LogP contribution is -2.38. The van der Waals surface area contributed by atoms with E-state index in [-0.39, 0.29) is 37.8 Å². The van der Waals surface area contributed by atoms with E-state index >= 15 is 0 Å². The van der Waals surface area contributed by atoms with E-state index in [0.717, 1.165) is 37.5 Å². The van der Waals surface area contributed by atoms with E-state index in [0.29, 0.717) is 39.1 Å². The van der Waals surface area contributed by atoms with Crippen LogP contribution in [0, 0.1) is 0 Å². The molecule has 1 aliphatic heterocycles. The second-order valence-electron chi connectivity index (χ2n) is 10.3. The molecule has 5 rings (SSSR count). The quantitative estimate of drug-likeness (QED) is 0.206. The maximum Gasteiger partial charge on any atom is 0.335 e. The Kier molecular flexibility index (Phi) is 9.81. The Balaban J connectivity index is 1.20. The fourth-order valence-corrected chi connectivity index (χ4v) is 5.47. The van der Waals surface area contributed by atoms with E-state index in [9.17, 15) is 20.1 Å². The molecule has 42 heavy (non-hydrogen) atoms. The second kappa shape index (κ2) is 13.7. The van der Waals surface area contributed by atoms with Crippen molar-refractivity contribution in [3.05, 3.63) is 81.9 Å². The van der Waals surface area contributed by atoms with E-state index < -0.39 is 12.1 Å². The molecule has 0 saturated carbocycles. The first-order chi connectivity index (χ1) is 20.3. The molecular formula is C30H32Cl2N4O6. The third kappa shape index (κ3) is 7.50. The smallest absolute Gasteiger partial charge is 0.335 e. The van der Waals surface area contributed by atoms with Gasteiger partial charge in [0.05, 0.1) is 46.5 Å². The molecule has 222 valence electrons. The highest BCUT2D eigenvalue weighted by atomic mass is 35.5. The first-order valence-electron chi connectivity index (χ1n) is 13.7. The highest BCUT2D eigenvalue weighted by Crippen LogP contribution is 2.29. The third-order valence-corrected chi connectivity index (χ3v) is 7.72. The van der Waals surface area contributed by atoms with Gasteiger partial charge < -0.3 is 29.4 Å².